The van der Waals surface area contributed by atoms with Gasteiger partial charge in [0.2, 0.25) is 0 Å². The van der Waals surface area contributed by atoms with Crippen molar-refractivity contribution in [1.82, 2.24) is 11.0 Å². The van der Waals surface area contributed by atoms with E-state index in [0.717, 1.165) is 5.56 Å². The zero-order valence-electron chi connectivity index (χ0n) is 6.78. The minimum atomic E-state index is -0.0359. The molecule has 0 saturated heterocycles. The summed E-state index contributed by atoms with van der Waals surface area (Å²) in [4.78, 5) is 0. The van der Waals surface area contributed by atoms with Crippen molar-refractivity contribution in [3.63, 3.8) is 0 Å². The summed E-state index contributed by atoms with van der Waals surface area (Å²) in [6, 6.07) is 8.11. The van der Waals surface area contributed by atoms with Gasteiger partial charge >= 0.3 is 0 Å². The largest absolute Gasteiger partial charge is 0.222 e. The minimum Gasteiger partial charge on any atom is -0.222 e. The predicted molar refractivity (Wildman–Crippen MR) is 45.0 cm³/mol. The maximum absolute atomic E-state index is 3.97. The van der Waals surface area contributed by atoms with E-state index < -0.39 is 0 Å². The first kappa shape index (κ1) is 7.24. The lowest BCUT2D eigenvalue weighted by Crippen LogP contribution is -2.24. The van der Waals surface area contributed by atoms with E-state index in [1.165, 1.54) is 5.56 Å². The molecule has 0 aliphatic carbocycles. The Labute approximate surface area is 70.6 Å². The first-order valence-corrected chi connectivity index (χ1v) is 3.84. The lowest BCUT2D eigenvalue weighted by atomic mass is 10.1. The van der Waals surface area contributed by atoms with Crippen LogP contribution in [0.15, 0.2) is 34.6 Å². The number of hydrogen-bond acceptors (Lipinski definition) is 4. The highest BCUT2D eigenvalue weighted by molar-refractivity contribution is 5.28. The molecule has 0 saturated carbocycles. The van der Waals surface area contributed by atoms with Crippen LogP contribution in [0, 0.1) is 6.92 Å². The Morgan fingerprint density at radius 1 is 1.33 bits per heavy atom. The molecule has 4 heteroatoms. The number of hydrogen-bond donors (Lipinski definition) is 2. The van der Waals surface area contributed by atoms with E-state index in [1.807, 2.05) is 18.2 Å². The number of aryl methyl sites for hydroxylation is 1. The van der Waals surface area contributed by atoms with E-state index in [2.05, 4.69) is 34.3 Å². The molecule has 62 valence electrons. The first-order valence-electron chi connectivity index (χ1n) is 3.84. The normalized spacial score (nSPS) is 20.9. The molecule has 1 heterocycles. The van der Waals surface area contributed by atoms with Crippen molar-refractivity contribution >= 4 is 0 Å². The summed E-state index contributed by atoms with van der Waals surface area (Å²) in [6.07, 6.45) is -0.0359. The first-order chi connectivity index (χ1) is 5.88. The van der Waals surface area contributed by atoms with Crippen molar-refractivity contribution in [1.29, 1.82) is 0 Å². The third-order valence-electron chi connectivity index (χ3n) is 1.91. The molecule has 1 unspecified atom stereocenters. The lowest BCUT2D eigenvalue weighted by Gasteiger charge is -2.08. The Bertz CT molecular complexity index is 308. The molecule has 1 atom stereocenters. The third kappa shape index (κ3) is 1.16. The van der Waals surface area contributed by atoms with Crippen molar-refractivity contribution < 1.29 is 0 Å². The monoisotopic (exact) mass is 162 g/mol. The highest BCUT2D eigenvalue weighted by atomic mass is 15.7. The summed E-state index contributed by atoms with van der Waals surface area (Å²) >= 11 is 0. The average molecular weight is 162 g/mol. The van der Waals surface area contributed by atoms with Gasteiger partial charge in [0.1, 0.15) is 0 Å². The standard InChI is InChI=1S/C8H10N4/c1-6-4-2-3-5-7(6)8-9-11-12-10-8/h2-5,8H,1H3,(H,9,12)(H,10,11). The molecule has 2 N–H and O–H groups in total. The molecule has 0 spiro atoms. The summed E-state index contributed by atoms with van der Waals surface area (Å²) in [5.41, 5.74) is 7.92. The van der Waals surface area contributed by atoms with Gasteiger partial charge in [0.05, 0.1) is 0 Å². The van der Waals surface area contributed by atoms with E-state index in [4.69, 9.17) is 0 Å². The molecular formula is C8H10N4. The van der Waals surface area contributed by atoms with Crippen LogP contribution in [0.4, 0.5) is 0 Å². The Balaban J connectivity index is 2.33. The predicted octanol–water partition coefficient (Wildman–Crippen LogP) is 1.47. The van der Waals surface area contributed by atoms with Crippen molar-refractivity contribution in [3.8, 4) is 0 Å². The molecule has 1 aliphatic heterocycles. The zero-order valence-corrected chi connectivity index (χ0v) is 6.78. The van der Waals surface area contributed by atoms with Gasteiger partial charge in [-0.15, -0.1) is 5.11 Å². The van der Waals surface area contributed by atoms with Gasteiger partial charge in [-0.25, -0.2) is 5.53 Å². The van der Waals surface area contributed by atoms with Gasteiger partial charge in [-0.05, 0) is 18.1 Å². The maximum Gasteiger partial charge on any atom is 0.166 e. The molecule has 0 fully saturated rings. The average Bonchev–Trinajstić information content (AvgIpc) is 2.57. The summed E-state index contributed by atoms with van der Waals surface area (Å²) < 4.78 is 0. The number of benzene rings is 1. The van der Waals surface area contributed by atoms with Gasteiger partial charge in [-0.1, -0.05) is 29.5 Å². The molecule has 1 aromatic carbocycles. The minimum absolute atomic E-state index is 0.0359. The fourth-order valence-electron chi connectivity index (χ4n) is 1.24. The molecule has 2 rings (SSSR count). The second kappa shape index (κ2) is 2.91. The third-order valence-corrected chi connectivity index (χ3v) is 1.91. The van der Waals surface area contributed by atoms with E-state index >= 15 is 0 Å². The van der Waals surface area contributed by atoms with Crippen LogP contribution >= 0.6 is 0 Å². The number of hydrazine groups is 1. The van der Waals surface area contributed by atoms with Gasteiger partial charge in [0.25, 0.3) is 0 Å². The van der Waals surface area contributed by atoms with Gasteiger partial charge in [0.15, 0.2) is 6.17 Å². The molecule has 12 heavy (non-hydrogen) atoms. The molecule has 4 nitrogen and oxygen atoms in total. The quantitative estimate of drug-likeness (QED) is 0.657. The van der Waals surface area contributed by atoms with Crippen molar-refractivity contribution in [3.05, 3.63) is 35.4 Å². The molecule has 1 aliphatic rings. The van der Waals surface area contributed by atoms with E-state index in [1.54, 1.807) is 0 Å². The molecule has 0 radical (unpaired) electrons. The summed E-state index contributed by atoms with van der Waals surface area (Å²) in [7, 11) is 0. The van der Waals surface area contributed by atoms with E-state index in [-0.39, 0.29) is 6.17 Å². The second-order valence-electron chi connectivity index (χ2n) is 2.73. The Morgan fingerprint density at radius 3 is 2.83 bits per heavy atom. The van der Waals surface area contributed by atoms with Crippen LogP contribution in [0.2, 0.25) is 0 Å². The van der Waals surface area contributed by atoms with Crippen LogP contribution in [0.25, 0.3) is 0 Å². The number of nitrogens with one attached hydrogen (secondary N) is 2. The van der Waals surface area contributed by atoms with Gasteiger partial charge in [0, 0.05) is 0 Å². The van der Waals surface area contributed by atoms with Crippen LogP contribution < -0.4 is 11.0 Å². The fourth-order valence-corrected chi connectivity index (χ4v) is 1.24. The van der Waals surface area contributed by atoms with Gasteiger partial charge in [-0.3, -0.25) is 0 Å². The Kier molecular flexibility index (Phi) is 1.75. The lowest BCUT2D eigenvalue weighted by molar-refractivity contribution is 0.550. The number of nitrogens with zero attached hydrogens (tertiary/aromatic N) is 2. The van der Waals surface area contributed by atoms with Crippen LogP contribution in [-0.2, 0) is 0 Å². The fraction of sp³-hybridized carbons (Fsp3) is 0.250. The molecule has 0 amide bonds. The smallest absolute Gasteiger partial charge is 0.166 e. The van der Waals surface area contributed by atoms with Crippen molar-refractivity contribution in [2.45, 2.75) is 13.1 Å². The topological polar surface area (TPSA) is 48.8 Å². The second-order valence-corrected chi connectivity index (χ2v) is 2.73. The van der Waals surface area contributed by atoms with Crippen LogP contribution in [0.5, 0.6) is 0 Å². The van der Waals surface area contributed by atoms with Gasteiger partial charge < -0.3 is 0 Å². The van der Waals surface area contributed by atoms with Crippen molar-refractivity contribution in [2.24, 2.45) is 10.3 Å². The van der Waals surface area contributed by atoms with E-state index in [0.29, 0.717) is 0 Å². The molecule has 0 bridgehead atoms. The molecular weight excluding hydrogens is 152 g/mol. The van der Waals surface area contributed by atoms with Gasteiger partial charge in [-0.2, -0.15) is 5.43 Å². The van der Waals surface area contributed by atoms with Crippen LogP contribution in [0.1, 0.15) is 17.3 Å². The summed E-state index contributed by atoms with van der Waals surface area (Å²) in [5.74, 6) is 0. The highest BCUT2D eigenvalue weighted by Gasteiger charge is 2.14. The Morgan fingerprint density at radius 2 is 2.17 bits per heavy atom. The van der Waals surface area contributed by atoms with Crippen LogP contribution in [-0.4, -0.2) is 0 Å². The highest BCUT2D eigenvalue weighted by Crippen LogP contribution is 2.19. The summed E-state index contributed by atoms with van der Waals surface area (Å²) in [5, 5.41) is 7.62. The SMILES string of the molecule is Cc1ccccc1C1N=NNN1. The maximum atomic E-state index is 3.97. The zero-order chi connectivity index (χ0) is 8.39. The van der Waals surface area contributed by atoms with Crippen LogP contribution in [0.3, 0.4) is 0 Å². The Hall–Kier alpha value is -1.42. The van der Waals surface area contributed by atoms with E-state index in [9.17, 15) is 0 Å². The molecule has 1 aromatic rings. The molecule has 0 aromatic heterocycles. The van der Waals surface area contributed by atoms with Crippen molar-refractivity contribution in [2.75, 3.05) is 0 Å². The summed E-state index contributed by atoms with van der Waals surface area (Å²) in [6.45, 7) is 2.06. The number of rotatable bonds is 1.